The van der Waals surface area contributed by atoms with E-state index in [4.69, 9.17) is 14.2 Å². The number of methoxy groups -OCH3 is 1. The number of hydrogen-bond donors (Lipinski definition) is 1. The normalized spacial score (nSPS) is 14.4. The molecule has 0 spiro atoms. The summed E-state index contributed by atoms with van der Waals surface area (Å²) in [5.74, 6) is 0.392. The number of esters is 1. The van der Waals surface area contributed by atoms with Crippen LogP contribution in [-0.4, -0.2) is 41.3 Å². The Bertz CT molecular complexity index is 1950. The minimum atomic E-state index is -0.773. The molecule has 5 rings (SSSR count). The summed E-state index contributed by atoms with van der Waals surface area (Å²) in [6.07, 6.45) is 3.33. The van der Waals surface area contributed by atoms with E-state index in [-0.39, 0.29) is 17.0 Å². The third-order valence-corrected chi connectivity index (χ3v) is 8.21. The van der Waals surface area contributed by atoms with Gasteiger partial charge in [-0.3, -0.25) is 14.2 Å². The lowest BCUT2D eigenvalue weighted by Crippen LogP contribution is -2.39. The molecule has 10 nitrogen and oxygen atoms in total. The summed E-state index contributed by atoms with van der Waals surface area (Å²) in [6.45, 7) is 10.1. The summed E-state index contributed by atoms with van der Waals surface area (Å²) in [5.41, 5.74) is 5.07. The number of hydrogen-bond acceptors (Lipinski definition) is 8. The average Bonchev–Trinajstić information content (AvgIpc) is 3.47. The van der Waals surface area contributed by atoms with Crippen LogP contribution in [0.1, 0.15) is 49.3 Å². The fraction of sp³-hybridized carbons (Fsp3) is 0.273. The Hall–Kier alpha value is -4.90. The smallest absolute Gasteiger partial charge is 0.337 e. The van der Waals surface area contributed by atoms with Crippen molar-refractivity contribution < 1.29 is 23.8 Å². The maximum absolute atomic E-state index is 14.0. The lowest BCUT2D eigenvalue weighted by Gasteiger charge is -2.23. The topological polar surface area (TPSA) is 113 Å². The lowest BCUT2D eigenvalue weighted by atomic mass is 9.97. The molecule has 4 aromatic rings. The van der Waals surface area contributed by atoms with Crippen LogP contribution in [0.4, 0.5) is 5.69 Å². The molecule has 0 unspecified atom stereocenters. The van der Waals surface area contributed by atoms with E-state index in [1.807, 2.05) is 70.2 Å². The molecular weight excluding hydrogens is 580 g/mol. The van der Waals surface area contributed by atoms with Gasteiger partial charge in [0.25, 0.3) is 5.56 Å². The number of ether oxygens (including phenoxy) is 3. The second kappa shape index (κ2) is 12.8. The van der Waals surface area contributed by atoms with E-state index in [2.05, 4.69) is 14.9 Å². The van der Waals surface area contributed by atoms with Crippen LogP contribution in [0.5, 0.6) is 11.5 Å². The number of aromatic nitrogens is 2. The van der Waals surface area contributed by atoms with Crippen LogP contribution >= 0.6 is 11.3 Å². The maximum atomic E-state index is 14.0. The van der Waals surface area contributed by atoms with Gasteiger partial charge in [0.2, 0.25) is 5.91 Å². The van der Waals surface area contributed by atoms with Crippen molar-refractivity contribution in [3.8, 4) is 17.2 Å². The minimum absolute atomic E-state index is 0.131. The van der Waals surface area contributed by atoms with Gasteiger partial charge in [0.15, 0.2) is 16.3 Å². The molecule has 0 aliphatic carbocycles. The highest BCUT2D eigenvalue weighted by Crippen LogP contribution is 2.35. The lowest BCUT2D eigenvalue weighted by molar-refractivity contribution is -0.136. The fourth-order valence-electron chi connectivity index (χ4n) is 5.36. The zero-order valence-electron chi connectivity index (χ0n) is 25.5. The third kappa shape index (κ3) is 5.83. The van der Waals surface area contributed by atoms with Gasteiger partial charge in [0.1, 0.15) is 0 Å². The van der Waals surface area contributed by atoms with Crippen molar-refractivity contribution >= 4 is 35.0 Å². The number of thiazole rings is 1. The number of rotatable bonds is 9. The van der Waals surface area contributed by atoms with Crippen LogP contribution < -0.4 is 29.7 Å². The molecule has 1 amide bonds. The monoisotopic (exact) mass is 614 g/mol. The van der Waals surface area contributed by atoms with Crippen LogP contribution in [-0.2, 0) is 14.3 Å². The van der Waals surface area contributed by atoms with E-state index in [0.717, 1.165) is 22.6 Å². The van der Waals surface area contributed by atoms with E-state index in [1.54, 1.807) is 12.1 Å². The quantitative estimate of drug-likeness (QED) is 0.283. The minimum Gasteiger partial charge on any atom is -0.490 e. The molecule has 0 saturated heterocycles. The Morgan fingerprint density at radius 3 is 2.39 bits per heavy atom. The van der Waals surface area contributed by atoms with E-state index in [0.29, 0.717) is 45.3 Å². The van der Waals surface area contributed by atoms with Crippen LogP contribution in [0.25, 0.3) is 11.8 Å². The number of carbonyl (C=O) groups excluding carboxylic acids is 2. The highest BCUT2D eigenvalue weighted by molar-refractivity contribution is 7.07. The molecule has 0 fully saturated rings. The number of nitrogens with one attached hydrogen (secondary N) is 1. The predicted molar refractivity (Wildman–Crippen MR) is 169 cm³/mol. The second-order valence-corrected chi connectivity index (χ2v) is 11.1. The zero-order valence-corrected chi connectivity index (χ0v) is 26.3. The number of nitrogens with zero attached hydrogens (tertiary/aromatic N) is 3. The first-order valence-corrected chi connectivity index (χ1v) is 15.0. The Kier molecular flexibility index (Phi) is 8.86. The van der Waals surface area contributed by atoms with Gasteiger partial charge < -0.3 is 24.1 Å². The largest absolute Gasteiger partial charge is 0.490 e. The van der Waals surface area contributed by atoms with E-state index < -0.39 is 12.0 Å². The standard InChI is InChI=1S/C33H34N4O6S/c1-7-42-27-14-9-22(16-28(27)43-8-2)30-26(32(40)41-6)18-34-33-37(30)31(39)29(44-33)17-23-15-19(3)36(20(23)4)25-12-10-24(11-13-25)35-21(5)38/h9-18,30H,7-8H2,1-6H3,(H,35,38)/b29-17-/t30-/m1/s1. The highest BCUT2D eigenvalue weighted by atomic mass is 32.1. The number of aryl methyl sites for hydroxylation is 1. The highest BCUT2D eigenvalue weighted by Gasteiger charge is 2.31. The number of carbonyl (C=O) groups is 2. The fourth-order valence-corrected chi connectivity index (χ4v) is 6.32. The number of amides is 1. The maximum Gasteiger partial charge on any atom is 0.337 e. The Labute approximate surface area is 258 Å². The Morgan fingerprint density at radius 1 is 1.02 bits per heavy atom. The molecule has 228 valence electrons. The molecule has 1 aliphatic rings. The van der Waals surface area contributed by atoms with Gasteiger partial charge in [-0.15, -0.1) is 0 Å². The zero-order chi connectivity index (χ0) is 31.5. The molecular formula is C33H34N4O6S. The molecule has 1 atom stereocenters. The van der Waals surface area contributed by atoms with Gasteiger partial charge in [-0.1, -0.05) is 17.4 Å². The summed E-state index contributed by atoms with van der Waals surface area (Å²) < 4.78 is 20.7. The SMILES string of the molecule is CCOc1ccc([C@@H]2C(C(=O)OC)=CN=c3s/c(=C\c4cc(C)n(-c5ccc(NC(C)=O)cc5)c4C)c(=O)n32)cc1OCC. The average molecular weight is 615 g/mol. The van der Waals surface area contributed by atoms with E-state index in [9.17, 15) is 14.4 Å². The summed E-state index contributed by atoms with van der Waals surface area (Å²) in [7, 11) is 1.30. The van der Waals surface area contributed by atoms with Gasteiger partial charge in [0, 0.05) is 35.9 Å². The Morgan fingerprint density at radius 2 is 1.73 bits per heavy atom. The van der Waals surface area contributed by atoms with E-state index in [1.165, 1.54) is 36.1 Å². The van der Waals surface area contributed by atoms with Gasteiger partial charge >= 0.3 is 5.97 Å². The first-order chi connectivity index (χ1) is 21.2. The Balaban J connectivity index is 1.61. The van der Waals surface area contributed by atoms with Crippen LogP contribution in [0, 0.1) is 13.8 Å². The van der Waals surface area contributed by atoms with Gasteiger partial charge in [-0.05, 0) is 87.4 Å². The molecule has 11 heteroatoms. The molecule has 1 aliphatic heterocycles. The van der Waals surface area contributed by atoms with Crippen LogP contribution in [0.15, 0.2) is 70.1 Å². The third-order valence-electron chi connectivity index (χ3n) is 7.21. The summed E-state index contributed by atoms with van der Waals surface area (Å²) >= 11 is 1.26. The van der Waals surface area contributed by atoms with Crippen molar-refractivity contribution in [2.45, 2.75) is 40.7 Å². The van der Waals surface area contributed by atoms with Gasteiger partial charge in [0.05, 0.1) is 36.5 Å². The molecule has 0 saturated carbocycles. The van der Waals surface area contributed by atoms with Crippen molar-refractivity contribution in [2.24, 2.45) is 4.99 Å². The van der Waals surface area contributed by atoms with Crippen molar-refractivity contribution in [1.82, 2.24) is 9.13 Å². The summed E-state index contributed by atoms with van der Waals surface area (Å²) in [5, 5.41) is 2.78. The molecule has 2 aromatic heterocycles. The molecule has 0 radical (unpaired) electrons. The molecule has 1 N–H and O–H groups in total. The molecule has 3 heterocycles. The van der Waals surface area contributed by atoms with Crippen molar-refractivity contribution in [3.05, 3.63) is 103 Å². The molecule has 44 heavy (non-hydrogen) atoms. The predicted octanol–water partition coefficient (Wildman–Crippen LogP) is 4.18. The van der Waals surface area contributed by atoms with Crippen molar-refractivity contribution in [3.63, 3.8) is 0 Å². The number of anilines is 1. The van der Waals surface area contributed by atoms with Gasteiger partial charge in [-0.2, -0.15) is 0 Å². The van der Waals surface area contributed by atoms with Gasteiger partial charge in [-0.25, -0.2) is 9.79 Å². The summed E-state index contributed by atoms with van der Waals surface area (Å²) in [4.78, 5) is 43.3. The first-order valence-electron chi connectivity index (χ1n) is 14.2. The number of benzene rings is 2. The van der Waals surface area contributed by atoms with Crippen LogP contribution in [0.2, 0.25) is 0 Å². The van der Waals surface area contributed by atoms with Crippen LogP contribution in [0.3, 0.4) is 0 Å². The second-order valence-electron chi connectivity index (χ2n) is 10.1. The van der Waals surface area contributed by atoms with E-state index >= 15 is 0 Å². The summed E-state index contributed by atoms with van der Waals surface area (Å²) in [6, 6.07) is 14.2. The molecule has 2 aromatic carbocycles. The molecule has 0 bridgehead atoms. The van der Waals surface area contributed by atoms with Crippen molar-refractivity contribution in [2.75, 3.05) is 25.6 Å². The van der Waals surface area contributed by atoms with Crippen molar-refractivity contribution in [1.29, 1.82) is 0 Å². The first kappa shape index (κ1) is 30.6. The number of fused-ring (bicyclic) bond motifs is 1.